The number of amides is 2. The predicted molar refractivity (Wildman–Crippen MR) is 138 cm³/mol. The molecule has 3 rings (SSSR count). The zero-order chi connectivity index (χ0) is 26.5. The van der Waals surface area contributed by atoms with Crippen molar-refractivity contribution >= 4 is 26.1 Å². The second-order valence-corrected chi connectivity index (χ2v) is 15.0. The van der Waals surface area contributed by atoms with Gasteiger partial charge in [0, 0.05) is 11.5 Å². The fourth-order valence-corrected chi connectivity index (χ4v) is 5.04. The molecule has 9 nitrogen and oxygen atoms in total. The smallest absolute Gasteiger partial charge is 0.317 e. The summed E-state index contributed by atoms with van der Waals surface area (Å²) in [7, 11) is -2.45. The van der Waals surface area contributed by atoms with E-state index in [0.717, 1.165) is 10.5 Å². The molecule has 0 spiro atoms. The molecule has 2 aromatic rings. The van der Waals surface area contributed by atoms with Crippen molar-refractivity contribution in [1.82, 2.24) is 4.90 Å². The molecular formula is C26H32N4O5Si. The van der Waals surface area contributed by atoms with Crippen LogP contribution in [0.2, 0.25) is 18.1 Å². The number of carbonyl (C=O) groups excluding carboxylic acids is 3. The molecule has 0 N–H and O–H groups in total. The fourth-order valence-electron chi connectivity index (χ4n) is 3.68. The van der Waals surface area contributed by atoms with Crippen LogP contribution in [-0.4, -0.2) is 49.7 Å². The zero-order valence-electron chi connectivity index (χ0n) is 21.3. The van der Waals surface area contributed by atoms with Crippen molar-refractivity contribution in [2.45, 2.75) is 64.1 Å². The molecule has 0 radical (unpaired) electrons. The minimum absolute atomic E-state index is 0.00898. The maximum Gasteiger partial charge on any atom is 0.317 e. The van der Waals surface area contributed by atoms with E-state index in [9.17, 15) is 19.9 Å². The van der Waals surface area contributed by atoms with E-state index in [1.165, 1.54) is 0 Å². The number of esters is 1. The Morgan fingerprint density at radius 3 is 2.11 bits per heavy atom. The number of hydrogen-bond acceptors (Lipinski definition) is 6. The molecule has 0 saturated heterocycles. The van der Waals surface area contributed by atoms with Gasteiger partial charge in [0.2, 0.25) is 0 Å². The number of rotatable bonds is 10. The molecule has 1 aliphatic heterocycles. The van der Waals surface area contributed by atoms with Crippen molar-refractivity contribution in [3.8, 4) is 0 Å². The summed E-state index contributed by atoms with van der Waals surface area (Å²) in [5.41, 5.74) is 10.7. The minimum atomic E-state index is -2.45. The predicted octanol–water partition coefficient (Wildman–Crippen LogP) is 5.49. The molecule has 0 aliphatic carbocycles. The first kappa shape index (κ1) is 27.1. The van der Waals surface area contributed by atoms with Crippen LogP contribution >= 0.6 is 0 Å². The van der Waals surface area contributed by atoms with Gasteiger partial charge in [0.1, 0.15) is 6.61 Å². The molecule has 2 aromatic carbocycles. The molecule has 1 aliphatic rings. The van der Waals surface area contributed by atoms with Gasteiger partial charge in [-0.2, -0.15) is 0 Å². The largest absolute Gasteiger partial charge is 0.460 e. The van der Waals surface area contributed by atoms with Gasteiger partial charge in [-0.3, -0.25) is 19.3 Å². The van der Waals surface area contributed by atoms with E-state index >= 15 is 0 Å². The summed E-state index contributed by atoms with van der Waals surface area (Å²) >= 11 is 0. The molecule has 2 amide bonds. The third-order valence-corrected chi connectivity index (χ3v) is 11.3. The topological polar surface area (TPSA) is 122 Å². The molecule has 190 valence electrons. The lowest BCUT2D eigenvalue weighted by Gasteiger charge is -2.40. The molecule has 10 heteroatoms. The number of imide groups is 1. The first-order valence-electron chi connectivity index (χ1n) is 11.8. The maximum atomic E-state index is 13.1. The number of fused-ring (bicyclic) bond motifs is 1. The third kappa shape index (κ3) is 6.02. The summed E-state index contributed by atoms with van der Waals surface area (Å²) in [6.45, 7) is 10.2. The number of carbonyl (C=O) groups is 3. The molecule has 0 unspecified atom stereocenters. The van der Waals surface area contributed by atoms with Crippen molar-refractivity contribution in [2.75, 3.05) is 6.54 Å². The second kappa shape index (κ2) is 11.1. The quantitative estimate of drug-likeness (QED) is 0.105. The van der Waals surface area contributed by atoms with E-state index in [-0.39, 0.29) is 24.6 Å². The van der Waals surface area contributed by atoms with E-state index in [2.05, 4.69) is 30.8 Å². The average molecular weight is 509 g/mol. The lowest BCUT2D eigenvalue weighted by molar-refractivity contribution is -0.149. The van der Waals surface area contributed by atoms with E-state index in [1.807, 2.05) is 43.4 Å². The summed E-state index contributed by atoms with van der Waals surface area (Å²) in [5.74, 6) is -1.51. The van der Waals surface area contributed by atoms with E-state index in [0.29, 0.717) is 11.1 Å². The van der Waals surface area contributed by atoms with Crippen LogP contribution in [0, 0.1) is 0 Å². The summed E-state index contributed by atoms with van der Waals surface area (Å²) < 4.78 is 12.0. The Bertz CT molecular complexity index is 1140. The Labute approximate surface area is 212 Å². The molecule has 36 heavy (non-hydrogen) atoms. The SMILES string of the molecule is CC(C)(C)[Si](C)(C)O[C@@H](CCN1C(=O)c2ccccc2C1=O)[C@H](N=[N+]=[N-])C(=O)OCc1ccccc1. The second-order valence-electron chi connectivity index (χ2n) is 10.3. The number of hydrogen-bond donors (Lipinski definition) is 0. The van der Waals surface area contributed by atoms with Crippen molar-refractivity contribution in [3.05, 3.63) is 81.7 Å². The van der Waals surface area contributed by atoms with E-state index in [1.54, 1.807) is 24.3 Å². The summed E-state index contributed by atoms with van der Waals surface area (Å²) in [6, 6.07) is 14.5. The van der Waals surface area contributed by atoms with E-state index < -0.39 is 38.2 Å². The van der Waals surface area contributed by atoms with Gasteiger partial charge in [-0.1, -0.05) is 68.4 Å². The lowest BCUT2D eigenvalue weighted by Crippen LogP contribution is -2.49. The monoisotopic (exact) mass is 508 g/mol. The summed E-state index contributed by atoms with van der Waals surface area (Å²) in [6.07, 6.45) is -0.767. The first-order valence-corrected chi connectivity index (χ1v) is 14.7. The van der Waals surface area contributed by atoms with Crippen molar-refractivity contribution in [1.29, 1.82) is 0 Å². The molecular weight excluding hydrogens is 476 g/mol. The van der Waals surface area contributed by atoms with Crippen LogP contribution in [0.25, 0.3) is 10.4 Å². The van der Waals surface area contributed by atoms with Crippen LogP contribution in [0.5, 0.6) is 0 Å². The highest BCUT2D eigenvalue weighted by Crippen LogP contribution is 2.38. The Balaban J connectivity index is 1.83. The number of azide groups is 1. The highest BCUT2D eigenvalue weighted by atomic mass is 28.4. The normalized spacial score (nSPS) is 15.2. The zero-order valence-corrected chi connectivity index (χ0v) is 22.3. The highest BCUT2D eigenvalue weighted by molar-refractivity contribution is 6.74. The van der Waals surface area contributed by atoms with Gasteiger partial charge in [0.25, 0.3) is 11.8 Å². The fraction of sp³-hybridized carbons (Fsp3) is 0.423. The molecule has 0 bridgehead atoms. The third-order valence-electron chi connectivity index (χ3n) is 6.76. The van der Waals surface area contributed by atoms with Gasteiger partial charge in [-0.25, -0.2) is 0 Å². The molecule has 0 fully saturated rings. The van der Waals surface area contributed by atoms with Gasteiger partial charge < -0.3 is 9.16 Å². The first-order chi connectivity index (χ1) is 17.0. The number of benzene rings is 2. The Morgan fingerprint density at radius 1 is 1.03 bits per heavy atom. The maximum absolute atomic E-state index is 13.1. The summed E-state index contributed by atoms with van der Waals surface area (Å²) in [4.78, 5) is 42.8. The van der Waals surface area contributed by atoms with Gasteiger partial charge in [-0.15, -0.1) is 0 Å². The molecule has 1 heterocycles. The van der Waals surface area contributed by atoms with Gasteiger partial charge >= 0.3 is 5.97 Å². The van der Waals surface area contributed by atoms with Crippen LogP contribution in [0.1, 0.15) is 53.5 Å². The number of ether oxygens (including phenoxy) is 1. The van der Waals surface area contributed by atoms with Crippen molar-refractivity contribution in [3.63, 3.8) is 0 Å². The Kier molecular flexibility index (Phi) is 8.34. The highest BCUT2D eigenvalue weighted by Gasteiger charge is 2.43. The lowest BCUT2D eigenvalue weighted by atomic mass is 10.1. The van der Waals surface area contributed by atoms with Crippen LogP contribution in [0.4, 0.5) is 0 Å². The molecule has 2 atom stereocenters. The van der Waals surface area contributed by atoms with Gasteiger partial charge in [-0.05, 0) is 47.8 Å². The minimum Gasteiger partial charge on any atom is -0.460 e. The molecule has 0 saturated carbocycles. The van der Waals surface area contributed by atoms with Crippen LogP contribution < -0.4 is 0 Å². The van der Waals surface area contributed by atoms with Crippen molar-refractivity contribution in [2.24, 2.45) is 5.11 Å². The number of nitrogens with zero attached hydrogens (tertiary/aromatic N) is 4. The van der Waals surface area contributed by atoms with Crippen LogP contribution in [0.15, 0.2) is 59.7 Å². The average Bonchev–Trinajstić information content (AvgIpc) is 3.08. The Morgan fingerprint density at radius 2 is 1.58 bits per heavy atom. The van der Waals surface area contributed by atoms with Gasteiger partial charge in [0.05, 0.1) is 17.2 Å². The van der Waals surface area contributed by atoms with Gasteiger partial charge in [0.15, 0.2) is 14.4 Å². The van der Waals surface area contributed by atoms with Crippen LogP contribution in [-0.2, 0) is 20.6 Å². The van der Waals surface area contributed by atoms with Crippen molar-refractivity contribution < 1.29 is 23.5 Å². The molecule has 0 aromatic heterocycles. The summed E-state index contributed by atoms with van der Waals surface area (Å²) in [5, 5.41) is 3.54. The Hall–Kier alpha value is -3.46. The van der Waals surface area contributed by atoms with Crippen LogP contribution in [0.3, 0.4) is 0 Å². The standard InChI is InChI=1S/C26H32N4O5Si/c1-26(2,3)36(4,5)35-21(15-16-30-23(31)19-13-9-10-14-20(19)24(30)32)22(28-29-27)25(33)34-17-18-11-7-6-8-12-18/h6-14,21-22H,15-17H2,1-5H3/t21-,22-/m0/s1. The van der Waals surface area contributed by atoms with E-state index in [4.69, 9.17) is 9.16 Å².